The lowest BCUT2D eigenvalue weighted by Crippen LogP contribution is -2.42. The number of nitriles is 2. The van der Waals surface area contributed by atoms with Crippen LogP contribution in [-0.4, -0.2) is 6.04 Å². The van der Waals surface area contributed by atoms with Crippen molar-refractivity contribution in [3.8, 4) is 23.3 Å². The zero-order valence-electron chi connectivity index (χ0n) is 22.0. The predicted octanol–water partition coefficient (Wildman–Crippen LogP) is 8.43. The zero-order chi connectivity index (χ0) is 27.1. The summed E-state index contributed by atoms with van der Waals surface area (Å²) in [5.41, 5.74) is 5.80. The molecule has 0 heterocycles. The monoisotopic (exact) mass is 609 g/mol. The van der Waals surface area contributed by atoms with Crippen LogP contribution in [0.4, 0.5) is 0 Å². The van der Waals surface area contributed by atoms with Gasteiger partial charge in [-0.15, -0.1) is 0 Å². The average Bonchev–Trinajstić information content (AvgIpc) is 2.96. The largest absolute Gasteiger partial charge is 0.305 e. The van der Waals surface area contributed by atoms with Gasteiger partial charge in [-0.3, -0.25) is 0 Å². The Kier molecular flexibility index (Phi) is 9.00. The Hall–Kier alpha value is -3.45. The first-order valence-electron chi connectivity index (χ1n) is 12.9. The third kappa shape index (κ3) is 6.70. The molecular formula is C34H32IN3. The minimum atomic E-state index is -0.634. The molecule has 0 saturated heterocycles. The minimum Gasteiger partial charge on any atom is -0.305 e. The molecule has 38 heavy (non-hydrogen) atoms. The van der Waals surface area contributed by atoms with Gasteiger partial charge >= 0.3 is 0 Å². The molecule has 1 unspecified atom stereocenters. The Balaban J connectivity index is 1.67. The molecule has 4 rings (SSSR count). The molecule has 0 aliphatic heterocycles. The van der Waals surface area contributed by atoms with Crippen molar-refractivity contribution in [2.75, 3.05) is 0 Å². The first-order chi connectivity index (χ1) is 18.3. The van der Waals surface area contributed by atoms with E-state index in [2.05, 4.69) is 114 Å². The van der Waals surface area contributed by atoms with Crippen molar-refractivity contribution in [3.05, 3.63) is 129 Å². The lowest BCUT2D eigenvalue weighted by molar-refractivity contribution is 0.281. The maximum absolute atomic E-state index is 10.1. The van der Waals surface area contributed by atoms with Crippen LogP contribution in [-0.2, 0) is 6.42 Å². The molecule has 4 aromatic rings. The van der Waals surface area contributed by atoms with E-state index in [9.17, 15) is 10.5 Å². The van der Waals surface area contributed by atoms with Gasteiger partial charge in [0.05, 0.1) is 29.2 Å². The highest BCUT2D eigenvalue weighted by molar-refractivity contribution is 14.1. The number of benzene rings is 4. The summed E-state index contributed by atoms with van der Waals surface area (Å²) in [6, 6.07) is 40.1. The fraction of sp³-hybridized carbons (Fsp3) is 0.235. The quantitative estimate of drug-likeness (QED) is 0.194. The first kappa shape index (κ1) is 27.6. The van der Waals surface area contributed by atoms with Crippen LogP contribution >= 0.6 is 22.6 Å². The van der Waals surface area contributed by atoms with Gasteiger partial charge in [0, 0.05) is 15.5 Å². The molecule has 0 aliphatic rings. The smallest absolute Gasteiger partial charge is 0.0991 e. The van der Waals surface area contributed by atoms with Gasteiger partial charge in [-0.2, -0.15) is 10.5 Å². The van der Waals surface area contributed by atoms with Crippen molar-refractivity contribution < 1.29 is 0 Å². The second-order valence-corrected chi connectivity index (χ2v) is 11.6. The SMILES string of the molecule is C[C@H](NC(c1ccc(-c2ccccc2)cc1)C(C)(C)C#N)[C@@H](Cc1ccc(I)cc1)c1cccc(C#N)c1. The van der Waals surface area contributed by atoms with E-state index in [1.807, 2.05) is 50.2 Å². The molecule has 190 valence electrons. The Morgan fingerprint density at radius 3 is 2.08 bits per heavy atom. The maximum Gasteiger partial charge on any atom is 0.0991 e. The standard InChI is InChI=1S/C34H32IN3/c1-24(32(21-25-12-18-31(35)19-13-25)30-11-7-8-26(20-30)22-36)38-33(34(2,3)23-37)29-16-14-28(15-17-29)27-9-5-4-6-10-27/h4-20,24,32-33,38H,21H2,1-3H3/t24-,32+,33?/m0/s1. The van der Waals surface area contributed by atoms with Gasteiger partial charge in [-0.1, -0.05) is 78.9 Å². The van der Waals surface area contributed by atoms with Crippen LogP contribution in [0.25, 0.3) is 11.1 Å². The summed E-state index contributed by atoms with van der Waals surface area (Å²) in [5.74, 6) is 0.115. The molecule has 0 saturated carbocycles. The van der Waals surface area contributed by atoms with Gasteiger partial charge < -0.3 is 5.32 Å². The highest BCUT2D eigenvalue weighted by atomic mass is 127. The van der Waals surface area contributed by atoms with E-state index in [1.54, 1.807) is 0 Å². The van der Waals surface area contributed by atoms with Crippen molar-refractivity contribution in [1.82, 2.24) is 5.32 Å². The summed E-state index contributed by atoms with van der Waals surface area (Å²) < 4.78 is 1.20. The molecule has 4 heteroatoms. The van der Waals surface area contributed by atoms with Gasteiger partial charge in [0.25, 0.3) is 0 Å². The van der Waals surface area contributed by atoms with E-state index >= 15 is 0 Å². The molecule has 0 aromatic heterocycles. The highest BCUT2D eigenvalue weighted by Gasteiger charge is 2.34. The Morgan fingerprint density at radius 2 is 1.45 bits per heavy atom. The zero-order valence-corrected chi connectivity index (χ0v) is 24.2. The maximum atomic E-state index is 10.1. The molecule has 0 bridgehead atoms. The molecule has 0 fully saturated rings. The molecule has 0 aliphatic carbocycles. The van der Waals surface area contributed by atoms with Crippen molar-refractivity contribution in [3.63, 3.8) is 0 Å². The number of hydrogen-bond donors (Lipinski definition) is 1. The summed E-state index contributed by atoms with van der Waals surface area (Å²) in [5, 5.41) is 23.5. The molecule has 0 amide bonds. The van der Waals surface area contributed by atoms with Crippen LogP contribution in [0.3, 0.4) is 0 Å². The van der Waals surface area contributed by atoms with Crippen LogP contribution in [0.2, 0.25) is 0 Å². The minimum absolute atomic E-state index is 0.0367. The predicted molar refractivity (Wildman–Crippen MR) is 163 cm³/mol. The summed E-state index contributed by atoms with van der Waals surface area (Å²) in [7, 11) is 0. The van der Waals surface area contributed by atoms with Crippen LogP contribution in [0.5, 0.6) is 0 Å². The molecule has 0 radical (unpaired) electrons. The third-order valence-electron chi connectivity index (χ3n) is 7.21. The van der Waals surface area contributed by atoms with E-state index < -0.39 is 5.41 Å². The van der Waals surface area contributed by atoms with Crippen LogP contribution < -0.4 is 5.32 Å². The van der Waals surface area contributed by atoms with Crippen LogP contribution in [0, 0.1) is 31.6 Å². The average molecular weight is 610 g/mol. The van der Waals surface area contributed by atoms with Gasteiger partial charge in [0.2, 0.25) is 0 Å². The van der Waals surface area contributed by atoms with Crippen molar-refractivity contribution in [2.24, 2.45) is 5.41 Å². The number of hydrogen-bond acceptors (Lipinski definition) is 3. The number of nitrogens with zero attached hydrogens (tertiary/aromatic N) is 2. The van der Waals surface area contributed by atoms with E-state index in [0.29, 0.717) is 5.56 Å². The summed E-state index contributed by atoms with van der Waals surface area (Å²) in [6.45, 7) is 6.18. The molecule has 4 aromatic carbocycles. The lowest BCUT2D eigenvalue weighted by atomic mass is 9.79. The van der Waals surface area contributed by atoms with Crippen LogP contribution in [0.1, 0.15) is 55.0 Å². The first-order valence-corrected chi connectivity index (χ1v) is 14.0. The van der Waals surface area contributed by atoms with E-state index in [0.717, 1.165) is 23.1 Å². The number of halogens is 1. The third-order valence-corrected chi connectivity index (χ3v) is 7.93. The van der Waals surface area contributed by atoms with Crippen molar-refractivity contribution >= 4 is 22.6 Å². The summed E-state index contributed by atoms with van der Waals surface area (Å²) >= 11 is 2.33. The highest BCUT2D eigenvalue weighted by Crippen LogP contribution is 2.36. The summed E-state index contributed by atoms with van der Waals surface area (Å²) in [6.07, 6.45) is 0.826. The lowest BCUT2D eigenvalue weighted by Gasteiger charge is -2.36. The fourth-order valence-electron chi connectivity index (χ4n) is 4.96. The fourth-order valence-corrected chi connectivity index (χ4v) is 5.32. The molecule has 3 atom stereocenters. The van der Waals surface area contributed by atoms with Gasteiger partial charge in [0.15, 0.2) is 0 Å². The van der Waals surface area contributed by atoms with Crippen molar-refractivity contribution in [1.29, 1.82) is 10.5 Å². The van der Waals surface area contributed by atoms with Gasteiger partial charge in [-0.05, 0) is 102 Å². The Bertz CT molecular complexity index is 1430. The number of rotatable bonds is 9. The van der Waals surface area contributed by atoms with Crippen LogP contribution in [0.15, 0.2) is 103 Å². The normalized spacial score (nSPS) is 13.6. The Morgan fingerprint density at radius 1 is 0.789 bits per heavy atom. The summed E-state index contributed by atoms with van der Waals surface area (Å²) in [4.78, 5) is 0. The van der Waals surface area contributed by atoms with Gasteiger partial charge in [-0.25, -0.2) is 0 Å². The molecule has 3 nitrogen and oxygen atoms in total. The van der Waals surface area contributed by atoms with E-state index in [-0.39, 0.29) is 18.0 Å². The number of nitrogens with one attached hydrogen (secondary N) is 1. The molecule has 0 spiro atoms. The molecular weight excluding hydrogens is 577 g/mol. The second-order valence-electron chi connectivity index (χ2n) is 10.4. The van der Waals surface area contributed by atoms with E-state index in [4.69, 9.17) is 0 Å². The van der Waals surface area contributed by atoms with Gasteiger partial charge in [0.1, 0.15) is 0 Å². The topological polar surface area (TPSA) is 59.6 Å². The molecule has 1 N–H and O–H groups in total. The van der Waals surface area contributed by atoms with E-state index in [1.165, 1.54) is 14.7 Å². The second kappa shape index (κ2) is 12.4. The van der Waals surface area contributed by atoms with Crippen molar-refractivity contribution in [2.45, 2.75) is 45.2 Å². The Labute approximate surface area is 240 Å².